The summed E-state index contributed by atoms with van der Waals surface area (Å²) in [6.07, 6.45) is 0. The normalized spacial score (nSPS) is 11.5. The molecule has 0 aliphatic rings. The molecule has 19 heavy (non-hydrogen) atoms. The molecule has 1 aromatic carbocycles. The van der Waals surface area contributed by atoms with Crippen LogP contribution in [0.5, 0.6) is 0 Å². The minimum Gasteiger partial charge on any atom is -0.465 e. The molecule has 0 radical (unpaired) electrons. The number of carbonyl (C=O) groups is 2. The summed E-state index contributed by atoms with van der Waals surface area (Å²) in [6, 6.07) is 6.65. The van der Waals surface area contributed by atoms with Crippen molar-refractivity contribution in [1.29, 1.82) is 0 Å². The summed E-state index contributed by atoms with van der Waals surface area (Å²) in [6.45, 7) is 3.70. The van der Waals surface area contributed by atoms with Crippen molar-refractivity contribution in [2.45, 2.75) is 19.9 Å². The molecule has 0 heterocycles. The average molecular weight is 265 g/mol. The summed E-state index contributed by atoms with van der Waals surface area (Å²) >= 11 is 0. The lowest BCUT2D eigenvalue weighted by atomic mass is 10.1. The number of nitrogens with two attached hydrogens (primary N) is 1. The molecule has 0 fully saturated rings. The number of hydrogen-bond donors (Lipinski definition) is 3. The number of ether oxygens (including phenoxy) is 1. The zero-order valence-electron chi connectivity index (χ0n) is 11.1. The van der Waals surface area contributed by atoms with Gasteiger partial charge in [0, 0.05) is 11.7 Å². The van der Waals surface area contributed by atoms with Gasteiger partial charge in [0.1, 0.15) is 6.54 Å². The third-order valence-electron chi connectivity index (χ3n) is 2.37. The van der Waals surface area contributed by atoms with Gasteiger partial charge in [-0.05, 0) is 31.5 Å². The molecule has 0 spiro atoms. The molecule has 6 heteroatoms. The molecule has 1 rings (SSSR count). The van der Waals surface area contributed by atoms with E-state index in [1.165, 1.54) is 0 Å². The van der Waals surface area contributed by atoms with Crippen molar-refractivity contribution in [1.82, 2.24) is 5.32 Å². The lowest BCUT2D eigenvalue weighted by Gasteiger charge is -2.10. The van der Waals surface area contributed by atoms with Crippen LogP contribution in [-0.2, 0) is 9.53 Å². The molecular formula is C13H19N3O3. The summed E-state index contributed by atoms with van der Waals surface area (Å²) in [5, 5.41) is 5.03. The molecule has 0 bridgehead atoms. The standard InChI is InChI=1S/C13H19N3O3/c1-3-19-12(17)8-15-13(18)16-11-6-4-5-10(7-11)9(2)14/h4-7,9H,3,8,14H2,1-2H3,(H2,15,16,18). The third-order valence-corrected chi connectivity index (χ3v) is 2.37. The highest BCUT2D eigenvalue weighted by Gasteiger charge is 2.07. The number of anilines is 1. The Morgan fingerprint density at radius 3 is 2.79 bits per heavy atom. The van der Waals surface area contributed by atoms with Gasteiger partial charge in [0.15, 0.2) is 0 Å². The predicted octanol–water partition coefficient (Wildman–Crippen LogP) is 1.39. The Bertz CT molecular complexity index is 447. The van der Waals surface area contributed by atoms with Gasteiger partial charge in [-0.1, -0.05) is 12.1 Å². The maximum atomic E-state index is 11.5. The van der Waals surface area contributed by atoms with E-state index in [0.717, 1.165) is 5.56 Å². The highest BCUT2D eigenvalue weighted by molar-refractivity contribution is 5.91. The van der Waals surface area contributed by atoms with Crippen molar-refractivity contribution in [3.8, 4) is 0 Å². The summed E-state index contributed by atoms with van der Waals surface area (Å²) in [7, 11) is 0. The fourth-order valence-electron chi connectivity index (χ4n) is 1.44. The number of urea groups is 1. The van der Waals surface area contributed by atoms with Crippen LogP contribution in [0.25, 0.3) is 0 Å². The van der Waals surface area contributed by atoms with Gasteiger partial charge in [0.25, 0.3) is 0 Å². The number of esters is 1. The zero-order chi connectivity index (χ0) is 14.3. The first-order valence-electron chi connectivity index (χ1n) is 6.09. The highest BCUT2D eigenvalue weighted by atomic mass is 16.5. The second-order valence-electron chi connectivity index (χ2n) is 4.03. The lowest BCUT2D eigenvalue weighted by Crippen LogP contribution is -2.34. The van der Waals surface area contributed by atoms with E-state index >= 15 is 0 Å². The number of carbonyl (C=O) groups excluding carboxylic acids is 2. The maximum absolute atomic E-state index is 11.5. The van der Waals surface area contributed by atoms with Crippen LogP contribution in [0, 0.1) is 0 Å². The summed E-state index contributed by atoms with van der Waals surface area (Å²) < 4.78 is 4.70. The van der Waals surface area contributed by atoms with Gasteiger partial charge in [-0.2, -0.15) is 0 Å². The van der Waals surface area contributed by atoms with E-state index in [4.69, 9.17) is 10.5 Å². The van der Waals surface area contributed by atoms with E-state index in [1.807, 2.05) is 13.0 Å². The molecule has 1 atom stereocenters. The predicted molar refractivity (Wildman–Crippen MR) is 72.7 cm³/mol. The fourth-order valence-corrected chi connectivity index (χ4v) is 1.44. The SMILES string of the molecule is CCOC(=O)CNC(=O)Nc1cccc(C(C)N)c1. The van der Waals surface area contributed by atoms with E-state index in [2.05, 4.69) is 10.6 Å². The van der Waals surface area contributed by atoms with Crippen LogP contribution >= 0.6 is 0 Å². The molecule has 1 aromatic rings. The number of hydrogen-bond acceptors (Lipinski definition) is 4. The van der Waals surface area contributed by atoms with Crippen molar-refractivity contribution in [2.24, 2.45) is 5.73 Å². The Balaban J connectivity index is 2.48. The summed E-state index contributed by atoms with van der Waals surface area (Å²) in [5.41, 5.74) is 7.30. The topological polar surface area (TPSA) is 93.4 Å². The van der Waals surface area contributed by atoms with Crippen LogP contribution in [0.1, 0.15) is 25.5 Å². The van der Waals surface area contributed by atoms with Crippen molar-refractivity contribution in [3.63, 3.8) is 0 Å². The summed E-state index contributed by atoms with van der Waals surface area (Å²) in [4.78, 5) is 22.6. The van der Waals surface area contributed by atoms with Gasteiger partial charge in [-0.25, -0.2) is 4.79 Å². The minimum absolute atomic E-state index is 0.107. The lowest BCUT2D eigenvalue weighted by molar-refractivity contribution is -0.141. The van der Waals surface area contributed by atoms with Crippen LogP contribution in [0.3, 0.4) is 0 Å². The summed E-state index contributed by atoms with van der Waals surface area (Å²) in [5.74, 6) is -0.470. The van der Waals surface area contributed by atoms with E-state index in [9.17, 15) is 9.59 Å². The Morgan fingerprint density at radius 2 is 2.16 bits per heavy atom. The van der Waals surface area contributed by atoms with Gasteiger partial charge in [0.2, 0.25) is 0 Å². The fraction of sp³-hybridized carbons (Fsp3) is 0.385. The maximum Gasteiger partial charge on any atom is 0.325 e. The monoisotopic (exact) mass is 265 g/mol. The van der Waals surface area contributed by atoms with Crippen LogP contribution < -0.4 is 16.4 Å². The molecule has 6 nitrogen and oxygen atoms in total. The Morgan fingerprint density at radius 1 is 1.42 bits per heavy atom. The van der Waals surface area contributed by atoms with Gasteiger partial charge < -0.3 is 21.1 Å². The Kier molecular flexibility index (Phi) is 5.81. The first-order valence-corrected chi connectivity index (χ1v) is 6.09. The Hall–Kier alpha value is -2.08. The number of amides is 2. The van der Waals surface area contributed by atoms with E-state index in [0.29, 0.717) is 12.3 Å². The first kappa shape index (κ1) is 15.0. The van der Waals surface area contributed by atoms with Crippen molar-refractivity contribution in [2.75, 3.05) is 18.5 Å². The van der Waals surface area contributed by atoms with Crippen molar-refractivity contribution < 1.29 is 14.3 Å². The van der Waals surface area contributed by atoms with E-state index in [-0.39, 0.29) is 12.6 Å². The largest absolute Gasteiger partial charge is 0.465 e. The van der Waals surface area contributed by atoms with E-state index in [1.54, 1.807) is 25.1 Å². The molecule has 104 valence electrons. The number of benzene rings is 1. The van der Waals surface area contributed by atoms with E-state index < -0.39 is 12.0 Å². The molecule has 4 N–H and O–H groups in total. The van der Waals surface area contributed by atoms with Crippen LogP contribution in [-0.4, -0.2) is 25.2 Å². The Labute approximate surface area is 112 Å². The smallest absolute Gasteiger partial charge is 0.325 e. The van der Waals surface area contributed by atoms with Gasteiger partial charge in [0.05, 0.1) is 6.61 Å². The number of nitrogens with one attached hydrogen (secondary N) is 2. The van der Waals surface area contributed by atoms with Gasteiger partial charge >= 0.3 is 12.0 Å². The molecule has 0 aliphatic carbocycles. The second kappa shape index (κ2) is 7.38. The highest BCUT2D eigenvalue weighted by Crippen LogP contribution is 2.15. The molecule has 0 aromatic heterocycles. The second-order valence-corrected chi connectivity index (χ2v) is 4.03. The van der Waals surface area contributed by atoms with Crippen molar-refractivity contribution in [3.05, 3.63) is 29.8 Å². The molecule has 0 saturated carbocycles. The average Bonchev–Trinajstić information content (AvgIpc) is 2.37. The molecule has 0 saturated heterocycles. The van der Waals surface area contributed by atoms with Gasteiger partial charge in [-0.3, -0.25) is 4.79 Å². The molecule has 0 aliphatic heterocycles. The molecular weight excluding hydrogens is 246 g/mol. The first-order chi connectivity index (χ1) is 9.02. The van der Waals surface area contributed by atoms with Crippen molar-refractivity contribution >= 4 is 17.7 Å². The molecule has 2 amide bonds. The van der Waals surface area contributed by atoms with Crippen LogP contribution in [0.4, 0.5) is 10.5 Å². The van der Waals surface area contributed by atoms with Crippen LogP contribution in [0.2, 0.25) is 0 Å². The third kappa shape index (κ3) is 5.39. The molecule has 1 unspecified atom stereocenters. The quantitative estimate of drug-likeness (QED) is 0.701. The number of rotatable bonds is 5. The van der Waals surface area contributed by atoms with Gasteiger partial charge in [-0.15, -0.1) is 0 Å². The zero-order valence-corrected chi connectivity index (χ0v) is 11.1. The van der Waals surface area contributed by atoms with Crippen LogP contribution in [0.15, 0.2) is 24.3 Å². The minimum atomic E-state index is -0.470.